The number of rotatable bonds is 5. The van der Waals surface area contributed by atoms with E-state index in [1.165, 1.54) is 12.1 Å². The van der Waals surface area contributed by atoms with Gasteiger partial charge >= 0.3 is 0 Å². The van der Waals surface area contributed by atoms with Crippen LogP contribution >= 0.6 is 15.9 Å². The zero-order valence-electron chi connectivity index (χ0n) is 10.2. The average Bonchev–Trinajstić information content (AvgIpc) is 2.29. The highest BCUT2D eigenvalue weighted by molar-refractivity contribution is 9.10. The van der Waals surface area contributed by atoms with E-state index in [2.05, 4.69) is 20.7 Å². The van der Waals surface area contributed by atoms with Crippen LogP contribution in [0.3, 0.4) is 0 Å². The van der Waals surface area contributed by atoms with E-state index < -0.39 is 15.8 Å². The van der Waals surface area contributed by atoms with E-state index in [0.717, 1.165) is 6.07 Å². The van der Waals surface area contributed by atoms with E-state index in [9.17, 15) is 12.8 Å². The van der Waals surface area contributed by atoms with Crippen LogP contribution in [-0.2, 0) is 10.0 Å². The van der Waals surface area contributed by atoms with Crippen LogP contribution < -0.4 is 10.5 Å². The minimum absolute atomic E-state index is 0.0603. The molecule has 7 heteroatoms. The van der Waals surface area contributed by atoms with Gasteiger partial charge in [0.2, 0.25) is 10.0 Å². The Kier molecular flexibility index (Phi) is 5.27. The summed E-state index contributed by atoms with van der Waals surface area (Å²) in [6.45, 7) is 3.92. The van der Waals surface area contributed by atoms with Gasteiger partial charge in [-0.15, -0.1) is 0 Å². The number of benzene rings is 1. The highest BCUT2D eigenvalue weighted by Gasteiger charge is 2.22. The molecular formula is C11H16BrFN2O2S. The molecule has 0 aliphatic carbocycles. The zero-order valence-corrected chi connectivity index (χ0v) is 12.6. The highest BCUT2D eigenvalue weighted by atomic mass is 79.9. The first-order chi connectivity index (χ1) is 8.27. The Morgan fingerprint density at radius 3 is 2.50 bits per heavy atom. The Balaban J connectivity index is 3.02. The van der Waals surface area contributed by atoms with Crippen LogP contribution in [0.5, 0.6) is 0 Å². The molecule has 1 unspecified atom stereocenters. The molecule has 0 bridgehead atoms. The zero-order chi connectivity index (χ0) is 13.9. The summed E-state index contributed by atoms with van der Waals surface area (Å²) in [4.78, 5) is -0.109. The molecule has 0 heterocycles. The fraction of sp³-hybridized carbons (Fsp3) is 0.455. The van der Waals surface area contributed by atoms with Crippen LogP contribution in [0.15, 0.2) is 27.6 Å². The van der Waals surface area contributed by atoms with Gasteiger partial charge < -0.3 is 5.73 Å². The number of hydrogen-bond donors (Lipinski definition) is 2. The SMILES string of the molecule is CC(C)C(CN)NS(=O)(=O)c1ccc(Br)c(F)c1. The smallest absolute Gasteiger partial charge is 0.240 e. The summed E-state index contributed by atoms with van der Waals surface area (Å²) in [6.07, 6.45) is 0. The quantitative estimate of drug-likeness (QED) is 0.860. The van der Waals surface area contributed by atoms with Crippen LogP contribution in [0.25, 0.3) is 0 Å². The van der Waals surface area contributed by atoms with Crippen molar-refractivity contribution in [3.05, 3.63) is 28.5 Å². The van der Waals surface area contributed by atoms with Crippen LogP contribution in [0, 0.1) is 11.7 Å². The fourth-order valence-electron chi connectivity index (χ4n) is 1.37. The van der Waals surface area contributed by atoms with Crippen LogP contribution in [-0.4, -0.2) is 21.0 Å². The molecule has 1 aromatic carbocycles. The molecule has 0 spiro atoms. The van der Waals surface area contributed by atoms with Crippen molar-refractivity contribution >= 4 is 26.0 Å². The molecule has 0 amide bonds. The summed E-state index contributed by atoms with van der Waals surface area (Å²) < 4.78 is 40.1. The Hall–Kier alpha value is -0.500. The first kappa shape index (κ1) is 15.6. The molecule has 0 saturated carbocycles. The maximum Gasteiger partial charge on any atom is 0.240 e. The molecule has 3 N–H and O–H groups in total. The number of sulfonamides is 1. The summed E-state index contributed by atoms with van der Waals surface area (Å²) in [5, 5.41) is 0. The van der Waals surface area contributed by atoms with E-state index in [1.54, 1.807) is 0 Å². The Labute approximate surface area is 115 Å². The van der Waals surface area contributed by atoms with Gasteiger partial charge in [-0.1, -0.05) is 13.8 Å². The van der Waals surface area contributed by atoms with Crippen molar-refractivity contribution in [2.75, 3.05) is 6.54 Å². The summed E-state index contributed by atoms with van der Waals surface area (Å²) in [5.41, 5.74) is 5.50. The number of nitrogens with two attached hydrogens (primary N) is 1. The van der Waals surface area contributed by atoms with E-state index in [-0.39, 0.29) is 27.9 Å². The van der Waals surface area contributed by atoms with Gasteiger partial charge in [0.05, 0.1) is 9.37 Å². The summed E-state index contributed by atoms with van der Waals surface area (Å²) >= 11 is 2.97. The summed E-state index contributed by atoms with van der Waals surface area (Å²) in [6, 6.07) is 3.29. The minimum atomic E-state index is -3.75. The van der Waals surface area contributed by atoms with E-state index in [0.29, 0.717) is 0 Å². The molecule has 0 aliphatic heterocycles. The van der Waals surface area contributed by atoms with Gasteiger partial charge in [0.25, 0.3) is 0 Å². The van der Waals surface area contributed by atoms with Crippen molar-refractivity contribution in [3.8, 4) is 0 Å². The second kappa shape index (κ2) is 6.10. The largest absolute Gasteiger partial charge is 0.329 e. The maximum absolute atomic E-state index is 13.3. The molecule has 4 nitrogen and oxygen atoms in total. The third-order valence-electron chi connectivity index (χ3n) is 2.57. The first-order valence-electron chi connectivity index (χ1n) is 5.45. The monoisotopic (exact) mass is 338 g/mol. The van der Waals surface area contributed by atoms with Crippen molar-refractivity contribution in [2.24, 2.45) is 11.7 Å². The van der Waals surface area contributed by atoms with Crippen molar-refractivity contribution in [1.82, 2.24) is 4.72 Å². The summed E-state index contributed by atoms with van der Waals surface area (Å²) in [7, 11) is -3.75. The molecule has 1 aromatic rings. The average molecular weight is 339 g/mol. The lowest BCUT2D eigenvalue weighted by Gasteiger charge is -2.20. The van der Waals surface area contributed by atoms with Gasteiger partial charge in [-0.25, -0.2) is 17.5 Å². The second-order valence-corrected chi connectivity index (χ2v) is 6.85. The van der Waals surface area contributed by atoms with E-state index >= 15 is 0 Å². The predicted octanol–water partition coefficient (Wildman–Crippen LogP) is 1.85. The lowest BCUT2D eigenvalue weighted by atomic mass is 10.1. The molecule has 1 atom stereocenters. The van der Waals surface area contributed by atoms with Gasteiger partial charge in [-0.2, -0.15) is 0 Å². The molecule has 0 aromatic heterocycles. The van der Waals surface area contributed by atoms with Crippen LogP contribution in [0.1, 0.15) is 13.8 Å². The summed E-state index contributed by atoms with van der Waals surface area (Å²) in [5.74, 6) is -0.559. The number of halogens is 2. The van der Waals surface area contributed by atoms with Crippen molar-refractivity contribution in [1.29, 1.82) is 0 Å². The fourth-order valence-corrected chi connectivity index (χ4v) is 3.02. The third-order valence-corrected chi connectivity index (χ3v) is 4.70. The Morgan fingerprint density at radius 1 is 1.44 bits per heavy atom. The van der Waals surface area contributed by atoms with E-state index in [1.807, 2.05) is 13.8 Å². The molecule has 0 radical (unpaired) electrons. The lowest BCUT2D eigenvalue weighted by Crippen LogP contribution is -2.43. The normalized spacial score (nSPS) is 13.9. The van der Waals surface area contributed by atoms with Crippen LogP contribution in [0.4, 0.5) is 4.39 Å². The molecule has 1 rings (SSSR count). The second-order valence-electron chi connectivity index (χ2n) is 4.28. The molecule has 0 aliphatic rings. The minimum Gasteiger partial charge on any atom is -0.329 e. The number of nitrogens with one attached hydrogen (secondary N) is 1. The van der Waals surface area contributed by atoms with Gasteiger partial charge in [0.15, 0.2) is 0 Å². The molecule has 102 valence electrons. The predicted molar refractivity (Wildman–Crippen MR) is 72.1 cm³/mol. The molecular weight excluding hydrogens is 323 g/mol. The van der Waals surface area contributed by atoms with Crippen molar-refractivity contribution in [3.63, 3.8) is 0 Å². The van der Waals surface area contributed by atoms with Crippen LogP contribution in [0.2, 0.25) is 0 Å². The first-order valence-corrected chi connectivity index (χ1v) is 7.73. The maximum atomic E-state index is 13.3. The van der Waals surface area contributed by atoms with Crippen molar-refractivity contribution < 1.29 is 12.8 Å². The molecule has 0 fully saturated rings. The molecule has 18 heavy (non-hydrogen) atoms. The highest BCUT2D eigenvalue weighted by Crippen LogP contribution is 2.19. The van der Waals surface area contributed by atoms with Crippen molar-refractivity contribution in [2.45, 2.75) is 24.8 Å². The van der Waals surface area contributed by atoms with Gasteiger partial charge in [-0.05, 0) is 40.0 Å². The number of hydrogen-bond acceptors (Lipinski definition) is 3. The van der Waals surface area contributed by atoms with Gasteiger partial charge in [-0.3, -0.25) is 0 Å². The van der Waals surface area contributed by atoms with Gasteiger partial charge in [0, 0.05) is 12.6 Å². The van der Waals surface area contributed by atoms with E-state index in [4.69, 9.17) is 5.73 Å². The molecule has 0 saturated heterocycles. The lowest BCUT2D eigenvalue weighted by molar-refractivity contribution is 0.454. The van der Waals surface area contributed by atoms with Gasteiger partial charge in [0.1, 0.15) is 5.82 Å². The topological polar surface area (TPSA) is 72.2 Å². The third kappa shape index (κ3) is 3.74. The standard InChI is InChI=1S/C11H16BrFN2O2S/c1-7(2)11(6-14)15-18(16,17)8-3-4-9(12)10(13)5-8/h3-5,7,11,15H,6,14H2,1-2H3. The Morgan fingerprint density at radius 2 is 2.06 bits per heavy atom. The Bertz CT molecular complexity index is 520.